The van der Waals surface area contributed by atoms with Crippen molar-refractivity contribution < 1.29 is 35.9 Å². The van der Waals surface area contributed by atoms with Crippen LogP contribution in [-0.4, -0.2) is 31.0 Å². The lowest BCUT2D eigenvalue weighted by Gasteiger charge is -2.22. The van der Waals surface area contributed by atoms with Gasteiger partial charge in [-0.25, -0.2) is 0 Å². The summed E-state index contributed by atoms with van der Waals surface area (Å²) in [5.41, 5.74) is 5.90. The van der Waals surface area contributed by atoms with Crippen molar-refractivity contribution in [2.45, 2.75) is 18.5 Å². The normalized spacial score (nSPS) is 12.5. The second kappa shape index (κ2) is 6.20. The molecule has 0 unspecified atom stereocenters. The van der Waals surface area contributed by atoms with Crippen LogP contribution in [0.4, 0.5) is 37.7 Å². The maximum absolute atomic E-state index is 12.1. The minimum atomic E-state index is -5.65. The highest BCUT2D eigenvalue weighted by Crippen LogP contribution is 2.35. The van der Waals surface area contributed by atoms with Crippen molar-refractivity contribution in [2.24, 2.45) is 0 Å². The molecule has 0 saturated carbocycles. The molecule has 0 saturated heterocycles. The fraction of sp³-hybridized carbons (Fsp3) is 0.364. The molecule has 0 fully saturated rings. The molecule has 0 spiro atoms. The summed E-state index contributed by atoms with van der Waals surface area (Å²) >= 11 is 0. The third kappa shape index (κ3) is 5.50. The predicted molar refractivity (Wildman–Crippen MR) is 61.3 cm³/mol. The first-order valence-electron chi connectivity index (χ1n) is 5.40. The molecule has 0 bridgehead atoms. The molecular formula is C11H10F6N2O2. The van der Waals surface area contributed by atoms with Gasteiger partial charge in [0, 0.05) is 11.4 Å². The SMILES string of the molecule is Nc1ccc(NC(=O)COC(C(F)(F)F)C(F)(F)F)cc1. The predicted octanol–water partition coefficient (Wildman–Crippen LogP) is 2.72. The Balaban J connectivity index is 2.60. The summed E-state index contributed by atoms with van der Waals surface area (Å²) in [5, 5.41) is 2.07. The van der Waals surface area contributed by atoms with Gasteiger partial charge in [-0.15, -0.1) is 0 Å². The minimum absolute atomic E-state index is 0.161. The molecule has 0 aliphatic heterocycles. The molecule has 0 aliphatic rings. The Labute approximate surface area is 114 Å². The topological polar surface area (TPSA) is 64.3 Å². The monoisotopic (exact) mass is 316 g/mol. The van der Waals surface area contributed by atoms with Crippen LogP contribution in [0.2, 0.25) is 0 Å². The van der Waals surface area contributed by atoms with Crippen molar-refractivity contribution in [3.63, 3.8) is 0 Å². The number of rotatable bonds is 4. The molecule has 4 nitrogen and oxygen atoms in total. The van der Waals surface area contributed by atoms with Gasteiger partial charge in [0.2, 0.25) is 12.0 Å². The standard InChI is InChI=1S/C11H10F6N2O2/c12-10(13,14)9(11(15,16)17)21-5-8(20)19-7-3-1-6(18)2-4-7/h1-4,9H,5,18H2,(H,19,20). The number of anilines is 2. The van der Waals surface area contributed by atoms with Crippen LogP contribution < -0.4 is 11.1 Å². The van der Waals surface area contributed by atoms with E-state index < -0.39 is 31.0 Å². The maximum atomic E-state index is 12.1. The van der Waals surface area contributed by atoms with E-state index >= 15 is 0 Å². The molecule has 1 amide bonds. The van der Waals surface area contributed by atoms with Crippen LogP contribution in [0, 0.1) is 0 Å². The van der Waals surface area contributed by atoms with Gasteiger partial charge in [0.1, 0.15) is 6.61 Å². The molecule has 1 aromatic rings. The lowest BCUT2D eigenvalue weighted by atomic mass is 10.3. The van der Waals surface area contributed by atoms with Crippen molar-refractivity contribution in [3.05, 3.63) is 24.3 Å². The number of nitrogens with two attached hydrogens (primary N) is 1. The number of nitrogens with one attached hydrogen (secondary N) is 1. The molecule has 0 heterocycles. The summed E-state index contributed by atoms with van der Waals surface area (Å²) in [5.74, 6) is -1.15. The van der Waals surface area contributed by atoms with Gasteiger partial charge in [-0.1, -0.05) is 0 Å². The number of alkyl halides is 6. The van der Waals surface area contributed by atoms with Crippen molar-refractivity contribution in [1.82, 2.24) is 0 Å². The number of hydrogen-bond donors (Lipinski definition) is 2. The number of halogens is 6. The van der Waals surface area contributed by atoms with Gasteiger partial charge < -0.3 is 15.8 Å². The fourth-order valence-corrected chi connectivity index (χ4v) is 1.30. The second-order valence-corrected chi connectivity index (χ2v) is 3.94. The van der Waals surface area contributed by atoms with Crippen LogP contribution in [0.5, 0.6) is 0 Å². The van der Waals surface area contributed by atoms with Crippen LogP contribution in [0.1, 0.15) is 0 Å². The molecule has 1 rings (SSSR count). The van der Waals surface area contributed by atoms with Gasteiger partial charge in [-0.2, -0.15) is 26.3 Å². The van der Waals surface area contributed by atoms with E-state index in [4.69, 9.17) is 5.73 Å². The molecule has 21 heavy (non-hydrogen) atoms. The Morgan fingerprint density at radius 3 is 2.00 bits per heavy atom. The van der Waals surface area contributed by atoms with Crippen molar-refractivity contribution in [3.8, 4) is 0 Å². The summed E-state index contributed by atoms with van der Waals surface area (Å²) < 4.78 is 76.5. The number of amides is 1. The molecular weight excluding hydrogens is 306 g/mol. The van der Waals surface area contributed by atoms with E-state index in [0.29, 0.717) is 5.69 Å². The van der Waals surface area contributed by atoms with Crippen molar-refractivity contribution >= 4 is 17.3 Å². The third-order valence-corrected chi connectivity index (χ3v) is 2.17. The van der Waals surface area contributed by atoms with Gasteiger partial charge >= 0.3 is 12.4 Å². The van der Waals surface area contributed by atoms with Crippen LogP contribution in [0.25, 0.3) is 0 Å². The van der Waals surface area contributed by atoms with E-state index in [9.17, 15) is 31.1 Å². The van der Waals surface area contributed by atoms with Gasteiger partial charge in [-0.3, -0.25) is 4.79 Å². The van der Waals surface area contributed by atoms with Crippen LogP contribution in [0.15, 0.2) is 24.3 Å². The van der Waals surface area contributed by atoms with Gasteiger partial charge in [-0.05, 0) is 24.3 Å². The van der Waals surface area contributed by atoms with Gasteiger partial charge in [0.15, 0.2) is 0 Å². The van der Waals surface area contributed by atoms with Gasteiger partial charge in [0.05, 0.1) is 0 Å². The molecule has 0 radical (unpaired) electrons. The summed E-state index contributed by atoms with van der Waals surface area (Å²) in [4.78, 5) is 11.3. The van der Waals surface area contributed by atoms with E-state index in [2.05, 4.69) is 10.1 Å². The first-order valence-corrected chi connectivity index (χ1v) is 5.40. The van der Waals surface area contributed by atoms with Gasteiger partial charge in [0.25, 0.3) is 0 Å². The Kier molecular flexibility index (Phi) is 5.05. The number of carbonyl (C=O) groups excluding carboxylic acids is 1. The Morgan fingerprint density at radius 2 is 1.57 bits per heavy atom. The summed E-state index contributed by atoms with van der Waals surface area (Å²) in [7, 11) is 0. The maximum Gasteiger partial charge on any atom is 0.423 e. The van der Waals surface area contributed by atoms with Crippen molar-refractivity contribution in [1.29, 1.82) is 0 Å². The first-order chi connectivity index (χ1) is 9.50. The molecule has 1 aromatic carbocycles. The number of hydrogen-bond acceptors (Lipinski definition) is 3. The lowest BCUT2D eigenvalue weighted by Crippen LogP contribution is -2.45. The Bertz CT molecular complexity index is 469. The van der Waals surface area contributed by atoms with Crippen LogP contribution >= 0.6 is 0 Å². The number of benzene rings is 1. The highest BCUT2D eigenvalue weighted by Gasteiger charge is 2.58. The third-order valence-electron chi connectivity index (χ3n) is 2.17. The van der Waals surface area contributed by atoms with Crippen LogP contribution in [0.3, 0.4) is 0 Å². The molecule has 3 N–H and O–H groups in total. The highest BCUT2D eigenvalue weighted by atomic mass is 19.4. The zero-order valence-electron chi connectivity index (χ0n) is 10.3. The molecule has 0 aromatic heterocycles. The molecule has 0 atom stereocenters. The van der Waals surface area contributed by atoms with E-state index in [1.165, 1.54) is 24.3 Å². The quantitative estimate of drug-likeness (QED) is 0.663. The van der Waals surface area contributed by atoms with E-state index in [0.717, 1.165) is 0 Å². The van der Waals surface area contributed by atoms with E-state index in [1.54, 1.807) is 0 Å². The minimum Gasteiger partial charge on any atom is -0.399 e. The number of carbonyl (C=O) groups is 1. The van der Waals surface area contributed by atoms with E-state index in [1.807, 2.05) is 0 Å². The zero-order valence-corrected chi connectivity index (χ0v) is 10.3. The second-order valence-electron chi connectivity index (χ2n) is 3.94. The molecule has 0 aliphatic carbocycles. The highest BCUT2D eigenvalue weighted by molar-refractivity contribution is 5.91. The average Bonchev–Trinajstić information content (AvgIpc) is 2.28. The Hall–Kier alpha value is -1.97. The molecule has 118 valence electrons. The lowest BCUT2D eigenvalue weighted by molar-refractivity contribution is -0.319. The summed E-state index contributed by atoms with van der Waals surface area (Å²) in [6.07, 6.45) is -15.3. The summed E-state index contributed by atoms with van der Waals surface area (Å²) in [6, 6.07) is 5.45. The average molecular weight is 316 g/mol. The van der Waals surface area contributed by atoms with Crippen LogP contribution in [-0.2, 0) is 9.53 Å². The number of ether oxygens (including phenoxy) is 1. The largest absolute Gasteiger partial charge is 0.423 e. The zero-order chi connectivity index (χ0) is 16.3. The summed E-state index contributed by atoms with van der Waals surface area (Å²) in [6.45, 7) is -1.39. The molecule has 10 heteroatoms. The van der Waals surface area contributed by atoms with E-state index in [-0.39, 0.29) is 5.69 Å². The smallest absolute Gasteiger partial charge is 0.399 e. The Morgan fingerprint density at radius 1 is 1.10 bits per heavy atom. The van der Waals surface area contributed by atoms with Crippen molar-refractivity contribution in [2.75, 3.05) is 17.7 Å². The first kappa shape index (κ1) is 17.1. The fourth-order valence-electron chi connectivity index (χ4n) is 1.30. The number of nitrogen functional groups attached to an aromatic ring is 1.